The molecule has 0 amide bonds. The number of hydrogen-bond donors (Lipinski definition) is 2. The molecule has 0 saturated heterocycles. The van der Waals surface area contributed by atoms with Crippen molar-refractivity contribution in [2.45, 2.75) is 24.8 Å². The van der Waals surface area contributed by atoms with Crippen LogP contribution in [0.5, 0.6) is 0 Å². The standard InChI is InChI=1S/C16H21ClN4OS.HI/c1-3-13-10-14(22-21-13)11-20-16(18-2)19-8-9-23-15-6-4-12(17)5-7-15;/h4-7,10H,3,8-9,11H2,1-2H3,(H2,18,19,20);1H. The first kappa shape index (κ1) is 21.1. The van der Waals surface area contributed by atoms with Gasteiger partial charge in [0.15, 0.2) is 11.7 Å². The zero-order valence-corrected chi connectivity index (χ0v) is 17.6. The van der Waals surface area contributed by atoms with Gasteiger partial charge in [-0.05, 0) is 30.7 Å². The molecular formula is C16H22ClIN4OS. The zero-order chi connectivity index (χ0) is 16.5. The Morgan fingerprint density at radius 2 is 2.04 bits per heavy atom. The summed E-state index contributed by atoms with van der Waals surface area (Å²) in [6.45, 7) is 3.43. The summed E-state index contributed by atoms with van der Waals surface area (Å²) in [4.78, 5) is 5.39. The Kier molecular flexibility index (Phi) is 10.2. The highest BCUT2D eigenvalue weighted by atomic mass is 127. The molecule has 0 aliphatic carbocycles. The van der Waals surface area contributed by atoms with Crippen LogP contribution < -0.4 is 10.6 Å². The number of aryl methyl sites for hydroxylation is 1. The Labute approximate surface area is 169 Å². The molecule has 0 saturated carbocycles. The van der Waals surface area contributed by atoms with Gasteiger partial charge in [0.2, 0.25) is 0 Å². The van der Waals surface area contributed by atoms with Gasteiger partial charge in [-0.3, -0.25) is 4.99 Å². The fraction of sp³-hybridized carbons (Fsp3) is 0.375. The Balaban J connectivity index is 0.00000288. The van der Waals surface area contributed by atoms with Crippen molar-refractivity contribution in [2.24, 2.45) is 4.99 Å². The maximum absolute atomic E-state index is 5.87. The molecule has 2 aromatic rings. The molecule has 1 heterocycles. The van der Waals surface area contributed by atoms with Crippen molar-refractivity contribution in [3.8, 4) is 0 Å². The van der Waals surface area contributed by atoms with Gasteiger partial charge in [-0.1, -0.05) is 23.7 Å². The van der Waals surface area contributed by atoms with E-state index in [4.69, 9.17) is 16.1 Å². The third kappa shape index (κ3) is 7.31. The summed E-state index contributed by atoms with van der Waals surface area (Å²) in [6.07, 6.45) is 0.873. The number of guanidine groups is 1. The van der Waals surface area contributed by atoms with Crippen LogP contribution in [0.25, 0.3) is 0 Å². The molecule has 24 heavy (non-hydrogen) atoms. The molecule has 0 fully saturated rings. The van der Waals surface area contributed by atoms with E-state index in [1.807, 2.05) is 37.3 Å². The lowest BCUT2D eigenvalue weighted by Crippen LogP contribution is -2.37. The average Bonchev–Trinajstić information content (AvgIpc) is 3.04. The highest BCUT2D eigenvalue weighted by Gasteiger charge is 2.04. The number of thioether (sulfide) groups is 1. The van der Waals surface area contributed by atoms with Gasteiger partial charge in [0.05, 0.1) is 12.2 Å². The van der Waals surface area contributed by atoms with E-state index >= 15 is 0 Å². The first-order valence-corrected chi connectivity index (χ1v) is 8.85. The summed E-state index contributed by atoms with van der Waals surface area (Å²) in [5.41, 5.74) is 0.962. The molecule has 2 rings (SSSR count). The Morgan fingerprint density at radius 3 is 2.67 bits per heavy atom. The van der Waals surface area contributed by atoms with Crippen LogP contribution >= 0.6 is 47.3 Å². The third-order valence-corrected chi connectivity index (χ3v) is 4.37. The summed E-state index contributed by atoms with van der Waals surface area (Å²) in [7, 11) is 1.75. The first-order chi connectivity index (χ1) is 11.2. The van der Waals surface area contributed by atoms with Gasteiger partial charge in [0.1, 0.15) is 0 Å². The number of aliphatic imine (C=N–C) groups is 1. The van der Waals surface area contributed by atoms with Crippen LogP contribution in [-0.4, -0.2) is 30.5 Å². The second kappa shape index (κ2) is 11.6. The Hall–Kier alpha value is -0.930. The number of halogens is 2. The topological polar surface area (TPSA) is 62.5 Å². The van der Waals surface area contributed by atoms with Gasteiger partial charge in [0.25, 0.3) is 0 Å². The van der Waals surface area contributed by atoms with Crippen LogP contribution in [0.1, 0.15) is 18.4 Å². The predicted molar refractivity (Wildman–Crippen MR) is 112 cm³/mol. The molecule has 0 unspecified atom stereocenters. The quantitative estimate of drug-likeness (QED) is 0.206. The second-order valence-corrected chi connectivity index (χ2v) is 6.40. The minimum atomic E-state index is 0. The molecule has 1 aromatic heterocycles. The smallest absolute Gasteiger partial charge is 0.191 e. The van der Waals surface area contributed by atoms with Crippen molar-refractivity contribution in [3.63, 3.8) is 0 Å². The minimum absolute atomic E-state index is 0. The average molecular weight is 481 g/mol. The maximum Gasteiger partial charge on any atom is 0.191 e. The first-order valence-electron chi connectivity index (χ1n) is 7.48. The molecule has 0 radical (unpaired) electrons. The van der Waals surface area contributed by atoms with Crippen molar-refractivity contribution in [1.82, 2.24) is 15.8 Å². The van der Waals surface area contributed by atoms with Crippen molar-refractivity contribution >= 4 is 53.3 Å². The predicted octanol–water partition coefficient (Wildman–Crippen LogP) is 3.97. The number of nitrogens with zero attached hydrogens (tertiary/aromatic N) is 2. The summed E-state index contributed by atoms with van der Waals surface area (Å²) in [6, 6.07) is 9.81. The fourth-order valence-corrected chi connectivity index (χ4v) is 2.76. The fourth-order valence-electron chi connectivity index (χ4n) is 1.87. The lowest BCUT2D eigenvalue weighted by atomic mass is 10.3. The van der Waals surface area contributed by atoms with Gasteiger partial charge in [0, 0.05) is 35.3 Å². The Morgan fingerprint density at radius 1 is 1.29 bits per heavy atom. The lowest BCUT2D eigenvalue weighted by Gasteiger charge is -2.10. The van der Waals surface area contributed by atoms with Crippen LogP contribution in [-0.2, 0) is 13.0 Å². The summed E-state index contributed by atoms with van der Waals surface area (Å²) in [5.74, 6) is 2.49. The highest BCUT2D eigenvalue weighted by molar-refractivity contribution is 14.0. The number of rotatable bonds is 7. The molecule has 2 N–H and O–H groups in total. The van der Waals surface area contributed by atoms with E-state index < -0.39 is 0 Å². The van der Waals surface area contributed by atoms with E-state index in [-0.39, 0.29) is 24.0 Å². The van der Waals surface area contributed by atoms with Gasteiger partial charge >= 0.3 is 0 Å². The van der Waals surface area contributed by atoms with Crippen LogP contribution in [0.2, 0.25) is 5.02 Å². The molecule has 0 spiro atoms. The SMILES string of the molecule is CCc1cc(CNC(=NC)NCCSc2ccc(Cl)cc2)on1.I. The molecule has 0 bridgehead atoms. The van der Waals surface area contributed by atoms with Crippen LogP contribution in [0.4, 0.5) is 0 Å². The summed E-state index contributed by atoms with van der Waals surface area (Å²) < 4.78 is 5.23. The molecule has 0 aliphatic heterocycles. The zero-order valence-electron chi connectivity index (χ0n) is 13.7. The van der Waals surface area contributed by atoms with Gasteiger partial charge < -0.3 is 15.2 Å². The van der Waals surface area contributed by atoms with Crippen molar-refractivity contribution in [1.29, 1.82) is 0 Å². The second-order valence-electron chi connectivity index (χ2n) is 4.79. The van der Waals surface area contributed by atoms with Crippen molar-refractivity contribution in [3.05, 3.63) is 46.8 Å². The molecular weight excluding hydrogens is 459 g/mol. The lowest BCUT2D eigenvalue weighted by molar-refractivity contribution is 0.374. The number of aromatic nitrogens is 1. The van der Waals surface area contributed by atoms with E-state index in [0.717, 1.165) is 41.2 Å². The van der Waals surface area contributed by atoms with E-state index in [1.165, 1.54) is 4.90 Å². The number of hydrogen-bond acceptors (Lipinski definition) is 4. The molecule has 0 atom stereocenters. The van der Waals surface area contributed by atoms with Crippen molar-refractivity contribution < 1.29 is 4.52 Å². The van der Waals surface area contributed by atoms with Crippen LogP contribution in [0, 0.1) is 0 Å². The van der Waals surface area contributed by atoms with E-state index in [0.29, 0.717) is 6.54 Å². The van der Waals surface area contributed by atoms with Crippen molar-refractivity contribution in [2.75, 3.05) is 19.3 Å². The molecule has 0 aliphatic rings. The van der Waals surface area contributed by atoms with Crippen LogP contribution in [0.3, 0.4) is 0 Å². The van der Waals surface area contributed by atoms with Gasteiger partial charge in [-0.2, -0.15) is 0 Å². The summed E-state index contributed by atoms with van der Waals surface area (Å²) >= 11 is 7.64. The summed E-state index contributed by atoms with van der Waals surface area (Å²) in [5, 5.41) is 11.2. The molecule has 132 valence electrons. The number of nitrogens with one attached hydrogen (secondary N) is 2. The molecule has 5 nitrogen and oxygen atoms in total. The minimum Gasteiger partial charge on any atom is -0.359 e. The Bertz CT molecular complexity index is 633. The normalized spacial score (nSPS) is 11.0. The van der Waals surface area contributed by atoms with E-state index in [9.17, 15) is 0 Å². The number of benzene rings is 1. The van der Waals surface area contributed by atoms with Gasteiger partial charge in [-0.15, -0.1) is 35.7 Å². The maximum atomic E-state index is 5.87. The van der Waals surface area contributed by atoms with E-state index in [2.05, 4.69) is 20.8 Å². The van der Waals surface area contributed by atoms with E-state index in [1.54, 1.807) is 18.8 Å². The largest absolute Gasteiger partial charge is 0.359 e. The monoisotopic (exact) mass is 480 g/mol. The van der Waals surface area contributed by atoms with Crippen LogP contribution in [0.15, 0.2) is 44.7 Å². The highest BCUT2D eigenvalue weighted by Crippen LogP contribution is 2.19. The molecule has 8 heteroatoms. The van der Waals surface area contributed by atoms with Gasteiger partial charge in [-0.25, -0.2) is 0 Å². The third-order valence-electron chi connectivity index (χ3n) is 3.10. The molecule has 1 aromatic carbocycles.